The van der Waals surface area contributed by atoms with Crippen molar-refractivity contribution in [3.05, 3.63) is 77.9 Å². The highest BCUT2D eigenvalue weighted by Gasteiger charge is 2.36. The number of amides is 2. The number of hydrogen-bond donors (Lipinski definition) is 1. The minimum Gasteiger partial charge on any atom is -0.486 e. The number of para-hydroxylation sites is 1. The summed E-state index contributed by atoms with van der Waals surface area (Å²) in [4.78, 5) is 29.9. The van der Waals surface area contributed by atoms with Crippen molar-refractivity contribution in [1.29, 1.82) is 0 Å². The van der Waals surface area contributed by atoms with Gasteiger partial charge in [-0.2, -0.15) is 0 Å². The van der Waals surface area contributed by atoms with Crippen LogP contribution >= 0.6 is 0 Å². The van der Waals surface area contributed by atoms with E-state index in [0.29, 0.717) is 35.9 Å². The molecule has 5 rings (SSSR count). The van der Waals surface area contributed by atoms with Gasteiger partial charge in [0.25, 0.3) is 0 Å². The quantitative estimate of drug-likeness (QED) is 0.360. The van der Waals surface area contributed by atoms with Crippen molar-refractivity contribution in [3.8, 4) is 11.5 Å². The second-order valence-corrected chi connectivity index (χ2v) is 10.3. The zero-order chi connectivity index (χ0) is 27.6. The van der Waals surface area contributed by atoms with Crippen molar-refractivity contribution in [2.45, 2.75) is 52.2 Å². The summed E-state index contributed by atoms with van der Waals surface area (Å²) in [5.41, 5.74) is 3.10. The Bertz CT molecular complexity index is 1510. The van der Waals surface area contributed by atoms with Crippen molar-refractivity contribution >= 4 is 28.5 Å². The number of nitrogens with zero attached hydrogens (tertiary/aromatic N) is 4. The van der Waals surface area contributed by atoms with Gasteiger partial charge >= 0.3 is 0 Å². The molecule has 0 saturated heterocycles. The molecule has 1 unspecified atom stereocenters. The number of hydrogen-bond acceptors (Lipinski definition) is 6. The Morgan fingerprint density at radius 3 is 2.51 bits per heavy atom. The maximum Gasteiger partial charge on any atom is 0.249 e. The standard InChI is InChI=1S/C30H33N5O4/c1-5-30(3,4)31-29(37)28(22-11-7-6-10-20(22)2)35(21-14-15-25-26(18-21)39-17-16-38-25)27(36)19-34-24-13-9-8-12-23(24)32-33-34/h6-15,18,28H,5,16-17,19H2,1-4H3,(H,31,37). The third-order valence-electron chi connectivity index (χ3n) is 7.11. The summed E-state index contributed by atoms with van der Waals surface area (Å²) in [6.07, 6.45) is 0.724. The molecule has 202 valence electrons. The molecule has 39 heavy (non-hydrogen) atoms. The van der Waals surface area contributed by atoms with Gasteiger partial charge in [0, 0.05) is 17.3 Å². The molecular weight excluding hydrogens is 494 g/mol. The van der Waals surface area contributed by atoms with Crippen LogP contribution in [0.2, 0.25) is 0 Å². The van der Waals surface area contributed by atoms with E-state index in [0.717, 1.165) is 23.1 Å². The summed E-state index contributed by atoms with van der Waals surface area (Å²) in [5.74, 6) is 0.534. The molecule has 0 radical (unpaired) electrons. The predicted octanol–water partition coefficient (Wildman–Crippen LogP) is 4.59. The molecule has 1 N–H and O–H groups in total. The molecule has 1 aliphatic heterocycles. The molecule has 2 amide bonds. The van der Waals surface area contributed by atoms with Crippen LogP contribution in [0, 0.1) is 6.92 Å². The molecule has 4 aromatic rings. The first kappa shape index (κ1) is 26.2. The maximum absolute atomic E-state index is 14.3. The van der Waals surface area contributed by atoms with Crippen LogP contribution in [0.5, 0.6) is 11.5 Å². The van der Waals surface area contributed by atoms with Crippen LogP contribution in [0.1, 0.15) is 44.4 Å². The number of benzene rings is 3. The van der Waals surface area contributed by atoms with Crippen LogP contribution in [0.15, 0.2) is 66.7 Å². The second-order valence-electron chi connectivity index (χ2n) is 10.3. The lowest BCUT2D eigenvalue weighted by molar-refractivity contribution is -0.128. The minimum atomic E-state index is -0.943. The van der Waals surface area contributed by atoms with Gasteiger partial charge in [-0.1, -0.05) is 48.5 Å². The molecule has 0 fully saturated rings. The molecule has 0 aliphatic carbocycles. The summed E-state index contributed by atoms with van der Waals surface area (Å²) < 4.78 is 13.1. The molecule has 9 nitrogen and oxygen atoms in total. The lowest BCUT2D eigenvalue weighted by atomic mass is 9.95. The Morgan fingerprint density at radius 2 is 1.74 bits per heavy atom. The van der Waals surface area contributed by atoms with Crippen molar-refractivity contribution < 1.29 is 19.1 Å². The normalized spacial score (nSPS) is 13.6. The Hall–Kier alpha value is -4.40. The van der Waals surface area contributed by atoms with Crippen LogP contribution in [0.4, 0.5) is 5.69 Å². The number of carbonyl (C=O) groups excluding carboxylic acids is 2. The highest BCUT2D eigenvalue weighted by atomic mass is 16.6. The molecule has 1 atom stereocenters. The third-order valence-corrected chi connectivity index (χ3v) is 7.11. The number of ether oxygens (including phenoxy) is 2. The van der Waals surface area contributed by atoms with E-state index >= 15 is 0 Å². The number of anilines is 1. The summed E-state index contributed by atoms with van der Waals surface area (Å²) in [5, 5.41) is 11.6. The van der Waals surface area contributed by atoms with E-state index in [1.807, 2.05) is 76.2 Å². The molecule has 1 aliphatic rings. The van der Waals surface area contributed by atoms with Crippen molar-refractivity contribution in [2.24, 2.45) is 0 Å². The maximum atomic E-state index is 14.3. The van der Waals surface area contributed by atoms with Gasteiger partial charge in [-0.05, 0) is 62.6 Å². The zero-order valence-corrected chi connectivity index (χ0v) is 22.7. The Labute approximate surface area is 227 Å². The fourth-order valence-corrected chi connectivity index (χ4v) is 4.64. The highest BCUT2D eigenvalue weighted by molar-refractivity contribution is 6.02. The van der Waals surface area contributed by atoms with E-state index in [-0.39, 0.29) is 18.4 Å². The molecule has 1 aromatic heterocycles. The highest BCUT2D eigenvalue weighted by Crippen LogP contribution is 2.38. The first-order chi connectivity index (χ1) is 18.8. The first-order valence-corrected chi connectivity index (χ1v) is 13.1. The lowest BCUT2D eigenvalue weighted by Gasteiger charge is -2.35. The van der Waals surface area contributed by atoms with Crippen LogP contribution in [-0.2, 0) is 16.1 Å². The summed E-state index contributed by atoms with van der Waals surface area (Å²) >= 11 is 0. The van der Waals surface area contributed by atoms with E-state index in [9.17, 15) is 9.59 Å². The van der Waals surface area contributed by atoms with Crippen molar-refractivity contribution in [3.63, 3.8) is 0 Å². The molecule has 0 saturated carbocycles. The van der Waals surface area contributed by atoms with E-state index in [2.05, 4.69) is 15.6 Å². The number of aryl methyl sites for hydroxylation is 1. The minimum absolute atomic E-state index is 0.109. The average Bonchev–Trinajstić information content (AvgIpc) is 3.34. The fraction of sp³-hybridized carbons (Fsp3) is 0.333. The SMILES string of the molecule is CCC(C)(C)NC(=O)C(c1ccccc1C)N(C(=O)Cn1nnc2ccccc21)c1ccc2c(c1)OCCO2. The first-order valence-electron chi connectivity index (χ1n) is 13.1. The summed E-state index contributed by atoms with van der Waals surface area (Å²) in [7, 11) is 0. The Kier molecular flexibility index (Phi) is 7.24. The van der Waals surface area contributed by atoms with Crippen molar-refractivity contribution in [1.82, 2.24) is 20.3 Å². The van der Waals surface area contributed by atoms with Crippen molar-refractivity contribution in [2.75, 3.05) is 18.1 Å². The largest absolute Gasteiger partial charge is 0.486 e. The smallest absolute Gasteiger partial charge is 0.249 e. The molecule has 0 spiro atoms. The summed E-state index contributed by atoms with van der Waals surface area (Å²) in [6.45, 7) is 8.65. The summed E-state index contributed by atoms with van der Waals surface area (Å²) in [6, 6.07) is 19.5. The number of carbonyl (C=O) groups is 2. The van der Waals surface area contributed by atoms with Gasteiger partial charge in [0.15, 0.2) is 11.5 Å². The zero-order valence-electron chi connectivity index (χ0n) is 22.7. The van der Waals surface area contributed by atoms with Gasteiger partial charge < -0.3 is 14.8 Å². The van der Waals surface area contributed by atoms with Gasteiger partial charge in [0.1, 0.15) is 31.3 Å². The van der Waals surface area contributed by atoms with E-state index < -0.39 is 11.6 Å². The van der Waals surface area contributed by atoms with Gasteiger partial charge in [-0.3, -0.25) is 14.5 Å². The molecule has 2 heterocycles. The van der Waals surface area contributed by atoms with Gasteiger partial charge in [-0.25, -0.2) is 4.68 Å². The number of aromatic nitrogens is 3. The average molecular weight is 528 g/mol. The van der Waals surface area contributed by atoms with E-state index in [4.69, 9.17) is 9.47 Å². The van der Waals surface area contributed by atoms with Crippen LogP contribution in [0.25, 0.3) is 11.0 Å². The number of fused-ring (bicyclic) bond motifs is 2. The second kappa shape index (κ2) is 10.8. The Balaban J connectivity index is 1.64. The van der Waals surface area contributed by atoms with Crippen LogP contribution < -0.4 is 19.7 Å². The van der Waals surface area contributed by atoms with Gasteiger partial charge in [-0.15, -0.1) is 5.10 Å². The molecule has 9 heteroatoms. The van der Waals surface area contributed by atoms with Crippen LogP contribution in [0.3, 0.4) is 0 Å². The number of rotatable bonds is 8. The van der Waals surface area contributed by atoms with Crippen LogP contribution in [-0.4, -0.2) is 45.6 Å². The lowest BCUT2D eigenvalue weighted by Crippen LogP contribution is -2.51. The van der Waals surface area contributed by atoms with Gasteiger partial charge in [0.05, 0.1) is 5.52 Å². The molecule has 0 bridgehead atoms. The van der Waals surface area contributed by atoms with E-state index in [1.165, 1.54) is 4.90 Å². The topological polar surface area (TPSA) is 98.6 Å². The van der Waals surface area contributed by atoms with E-state index in [1.54, 1.807) is 22.9 Å². The molecular formula is C30H33N5O4. The third kappa shape index (κ3) is 5.43. The fourth-order valence-electron chi connectivity index (χ4n) is 4.64. The van der Waals surface area contributed by atoms with Gasteiger partial charge in [0.2, 0.25) is 11.8 Å². The number of nitrogens with one attached hydrogen (secondary N) is 1. The Morgan fingerprint density at radius 1 is 1.03 bits per heavy atom. The molecule has 3 aromatic carbocycles. The predicted molar refractivity (Wildman–Crippen MR) is 149 cm³/mol. The monoisotopic (exact) mass is 527 g/mol.